The number of aryl methyl sites for hydroxylation is 1. The Bertz CT molecular complexity index is 809. The van der Waals surface area contributed by atoms with Crippen LogP contribution in [0.15, 0.2) is 46.1 Å². The molecule has 0 radical (unpaired) electrons. The molecule has 1 aliphatic rings. The van der Waals surface area contributed by atoms with E-state index in [2.05, 4.69) is 19.7 Å². The number of aromatic nitrogens is 4. The van der Waals surface area contributed by atoms with Crippen LogP contribution in [0, 0.1) is 0 Å². The van der Waals surface area contributed by atoms with Gasteiger partial charge in [0.1, 0.15) is 0 Å². The second-order valence-corrected chi connectivity index (χ2v) is 6.13. The predicted octanol–water partition coefficient (Wildman–Crippen LogP) is 2.32. The van der Waals surface area contributed by atoms with Gasteiger partial charge in [-0.2, -0.15) is 4.98 Å². The quantitative estimate of drug-likeness (QED) is 0.707. The van der Waals surface area contributed by atoms with E-state index in [9.17, 15) is 4.79 Å². The molecular formula is C17H19N5O3. The summed E-state index contributed by atoms with van der Waals surface area (Å²) in [6.45, 7) is 1.52. The zero-order chi connectivity index (χ0) is 17.1. The minimum Gasteiger partial charge on any atom is -0.461 e. The summed E-state index contributed by atoms with van der Waals surface area (Å²) in [5.41, 5.74) is 0. The third-order valence-corrected chi connectivity index (χ3v) is 4.46. The van der Waals surface area contributed by atoms with Crippen molar-refractivity contribution < 1.29 is 13.7 Å². The van der Waals surface area contributed by atoms with Gasteiger partial charge in [-0.1, -0.05) is 5.16 Å². The number of piperidine rings is 1. The summed E-state index contributed by atoms with van der Waals surface area (Å²) in [7, 11) is 0. The number of amides is 1. The van der Waals surface area contributed by atoms with Crippen LogP contribution in [-0.2, 0) is 11.2 Å². The smallest absolute Gasteiger partial charge is 0.238 e. The lowest BCUT2D eigenvalue weighted by Gasteiger charge is -2.33. The average molecular weight is 341 g/mol. The third kappa shape index (κ3) is 3.47. The lowest BCUT2D eigenvalue weighted by molar-refractivity contribution is -0.132. The Balaban J connectivity index is 1.33. The molecule has 1 atom stereocenters. The Hall–Kier alpha value is -2.90. The van der Waals surface area contributed by atoms with Crippen LogP contribution in [0.4, 0.5) is 0 Å². The maximum absolute atomic E-state index is 12.5. The minimum atomic E-state index is 0.113. The molecule has 1 saturated heterocycles. The van der Waals surface area contributed by atoms with Crippen LogP contribution in [0.3, 0.4) is 0 Å². The molecular weight excluding hydrogens is 322 g/mol. The van der Waals surface area contributed by atoms with Crippen LogP contribution < -0.4 is 0 Å². The summed E-state index contributed by atoms with van der Waals surface area (Å²) in [5.74, 6) is 1.52. The highest BCUT2D eigenvalue weighted by Crippen LogP contribution is 2.22. The first kappa shape index (κ1) is 15.6. The van der Waals surface area contributed by atoms with Crippen molar-refractivity contribution in [1.29, 1.82) is 0 Å². The van der Waals surface area contributed by atoms with E-state index in [1.165, 1.54) is 0 Å². The van der Waals surface area contributed by atoms with Crippen LogP contribution in [0.1, 0.15) is 31.2 Å². The lowest BCUT2D eigenvalue weighted by Crippen LogP contribution is -2.40. The second-order valence-electron chi connectivity index (χ2n) is 6.13. The molecule has 0 aliphatic carbocycles. The van der Waals surface area contributed by atoms with Crippen LogP contribution in [-0.4, -0.2) is 43.6 Å². The van der Waals surface area contributed by atoms with Crippen molar-refractivity contribution in [3.05, 3.63) is 43.0 Å². The number of hydrogen-bond acceptors (Lipinski definition) is 6. The molecule has 8 heteroatoms. The van der Waals surface area contributed by atoms with E-state index in [4.69, 9.17) is 8.94 Å². The van der Waals surface area contributed by atoms with E-state index in [0.717, 1.165) is 25.9 Å². The van der Waals surface area contributed by atoms with Crippen molar-refractivity contribution in [2.45, 2.75) is 31.7 Å². The number of nitrogens with zero attached hydrogens (tertiary/aromatic N) is 5. The van der Waals surface area contributed by atoms with Gasteiger partial charge in [-0.25, -0.2) is 4.98 Å². The zero-order valence-electron chi connectivity index (χ0n) is 13.7. The molecule has 3 aromatic heterocycles. The van der Waals surface area contributed by atoms with Crippen LogP contribution in [0.2, 0.25) is 0 Å². The predicted molar refractivity (Wildman–Crippen MR) is 87.4 cm³/mol. The van der Waals surface area contributed by atoms with E-state index in [-0.39, 0.29) is 5.91 Å². The molecule has 3 aromatic rings. The molecule has 0 N–H and O–H groups in total. The number of likely N-dealkylation sites (tertiary alicyclic amines) is 1. The van der Waals surface area contributed by atoms with Gasteiger partial charge in [0, 0.05) is 38.3 Å². The van der Waals surface area contributed by atoms with E-state index in [1.54, 1.807) is 24.6 Å². The van der Waals surface area contributed by atoms with Crippen molar-refractivity contribution in [3.63, 3.8) is 0 Å². The fourth-order valence-corrected chi connectivity index (χ4v) is 3.14. The van der Waals surface area contributed by atoms with Gasteiger partial charge >= 0.3 is 0 Å². The molecule has 0 spiro atoms. The van der Waals surface area contributed by atoms with Gasteiger partial charge < -0.3 is 18.4 Å². The van der Waals surface area contributed by atoms with Gasteiger partial charge in [0.2, 0.25) is 17.6 Å². The maximum atomic E-state index is 12.5. The largest absolute Gasteiger partial charge is 0.461 e. The fraction of sp³-hybridized carbons (Fsp3) is 0.412. The summed E-state index contributed by atoms with van der Waals surface area (Å²) in [4.78, 5) is 22.8. The lowest BCUT2D eigenvalue weighted by atomic mass is 10.0. The number of imidazole rings is 1. The molecule has 1 amide bonds. The summed E-state index contributed by atoms with van der Waals surface area (Å²) >= 11 is 0. The standard InChI is InChI=1S/C17H19N5O3/c23-16(21-8-1-3-13(11-21)22-9-7-18-12-22)6-5-15-19-17(20-25-15)14-4-2-10-24-14/h2,4,7,9-10,12-13H,1,3,5-6,8,11H2/t13-/m0/s1. The first-order valence-corrected chi connectivity index (χ1v) is 8.41. The van der Waals surface area contributed by atoms with Gasteiger partial charge in [0.15, 0.2) is 5.76 Å². The van der Waals surface area contributed by atoms with Crippen molar-refractivity contribution in [1.82, 2.24) is 24.6 Å². The Morgan fingerprint density at radius 1 is 1.40 bits per heavy atom. The topological polar surface area (TPSA) is 90.2 Å². The van der Waals surface area contributed by atoms with Crippen molar-refractivity contribution >= 4 is 5.91 Å². The monoisotopic (exact) mass is 341 g/mol. The Labute approximate surface area is 144 Å². The van der Waals surface area contributed by atoms with E-state index in [1.807, 2.05) is 17.4 Å². The normalized spacial score (nSPS) is 17.8. The zero-order valence-corrected chi connectivity index (χ0v) is 13.7. The molecule has 8 nitrogen and oxygen atoms in total. The van der Waals surface area contributed by atoms with Crippen LogP contribution >= 0.6 is 0 Å². The van der Waals surface area contributed by atoms with Gasteiger partial charge in [-0.15, -0.1) is 0 Å². The van der Waals surface area contributed by atoms with Crippen molar-refractivity contribution in [2.24, 2.45) is 0 Å². The Morgan fingerprint density at radius 3 is 3.16 bits per heavy atom. The Morgan fingerprint density at radius 2 is 2.36 bits per heavy atom. The highest BCUT2D eigenvalue weighted by molar-refractivity contribution is 5.76. The van der Waals surface area contributed by atoms with Gasteiger partial charge in [-0.3, -0.25) is 4.79 Å². The van der Waals surface area contributed by atoms with E-state index < -0.39 is 0 Å². The molecule has 4 rings (SSSR count). The van der Waals surface area contributed by atoms with E-state index in [0.29, 0.717) is 36.4 Å². The number of carbonyl (C=O) groups is 1. The molecule has 4 heterocycles. The highest BCUT2D eigenvalue weighted by atomic mass is 16.5. The molecule has 0 bridgehead atoms. The molecule has 1 aliphatic heterocycles. The van der Waals surface area contributed by atoms with Crippen molar-refractivity contribution in [3.8, 4) is 11.6 Å². The average Bonchev–Trinajstić information content (AvgIpc) is 3.42. The maximum Gasteiger partial charge on any atom is 0.238 e. The van der Waals surface area contributed by atoms with Gasteiger partial charge in [0.25, 0.3) is 0 Å². The number of furan rings is 1. The van der Waals surface area contributed by atoms with Crippen molar-refractivity contribution in [2.75, 3.05) is 13.1 Å². The van der Waals surface area contributed by atoms with Gasteiger partial charge in [-0.05, 0) is 25.0 Å². The molecule has 130 valence electrons. The molecule has 0 aromatic carbocycles. The number of hydrogen-bond donors (Lipinski definition) is 0. The summed E-state index contributed by atoms with van der Waals surface area (Å²) in [6, 6.07) is 3.83. The highest BCUT2D eigenvalue weighted by Gasteiger charge is 2.24. The first-order valence-electron chi connectivity index (χ1n) is 8.41. The molecule has 25 heavy (non-hydrogen) atoms. The fourth-order valence-electron chi connectivity index (χ4n) is 3.14. The van der Waals surface area contributed by atoms with Crippen LogP contribution in [0.5, 0.6) is 0 Å². The third-order valence-electron chi connectivity index (χ3n) is 4.46. The molecule has 0 unspecified atom stereocenters. The summed E-state index contributed by atoms with van der Waals surface area (Å²) in [5, 5.41) is 3.88. The second kappa shape index (κ2) is 6.92. The Kier molecular flexibility index (Phi) is 4.32. The SMILES string of the molecule is O=C(CCc1nc(-c2ccco2)no1)N1CCC[C@H](n2ccnc2)C1. The molecule has 1 fully saturated rings. The number of rotatable bonds is 5. The molecule has 0 saturated carbocycles. The van der Waals surface area contributed by atoms with Crippen LogP contribution in [0.25, 0.3) is 11.6 Å². The summed E-state index contributed by atoms with van der Waals surface area (Å²) < 4.78 is 12.5. The minimum absolute atomic E-state index is 0.113. The van der Waals surface area contributed by atoms with Gasteiger partial charge in [0.05, 0.1) is 18.6 Å². The summed E-state index contributed by atoms with van der Waals surface area (Å²) in [6.07, 6.45) is 9.94. The number of carbonyl (C=O) groups excluding carboxylic acids is 1. The first-order chi connectivity index (χ1) is 12.3. The van der Waals surface area contributed by atoms with E-state index >= 15 is 0 Å².